The number of rotatable bonds is 3. The number of alkyl carbamates (subject to hydrolysis) is 1. The van der Waals surface area contributed by atoms with E-state index in [1.54, 1.807) is 0 Å². The zero-order chi connectivity index (χ0) is 15.2. The Labute approximate surface area is 119 Å². The summed E-state index contributed by atoms with van der Waals surface area (Å²) in [6, 6.07) is 3.75. The Morgan fingerprint density at radius 1 is 1.30 bits per heavy atom. The van der Waals surface area contributed by atoms with Gasteiger partial charge in [0.2, 0.25) is 0 Å². The number of hydrogen-bond donors (Lipinski definition) is 2. The van der Waals surface area contributed by atoms with Crippen LogP contribution >= 0.6 is 0 Å². The summed E-state index contributed by atoms with van der Waals surface area (Å²) < 4.78 is 11.1. The summed E-state index contributed by atoms with van der Waals surface area (Å²) >= 11 is 0. The predicted molar refractivity (Wildman–Crippen MR) is 76.2 cm³/mol. The van der Waals surface area contributed by atoms with Crippen molar-refractivity contribution in [1.82, 2.24) is 5.32 Å². The Morgan fingerprint density at radius 3 is 2.30 bits per heavy atom. The van der Waals surface area contributed by atoms with Crippen molar-refractivity contribution in [2.24, 2.45) is 5.73 Å². The second kappa shape index (κ2) is 4.52. The van der Waals surface area contributed by atoms with E-state index in [2.05, 4.69) is 5.32 Å². The number of ether oxygens (including phenoxy) is 1. The minimum Gasteiger partial charge on any atom is -0.462 e. The first-order valence-corrected chi connectivity index (χ1v) is 6.93. The van der Waals surface area contributed by atoms with E-state index < -0.39 is 22.8 Å². The van der Waals surface area contributed by atoms with Crippen molar-refractivity contribution in [2.45, 2.75) is 64.1 Å². The van der Waals surface area contributed by atoms with Crippen LogP contribution in [0.2, 0.25) is 0 Å². The molecule has 0 aromatic carbocycles. The van der Waals surface area contributed by atoms with Crippen molar-refractivity contribution < 1.29 is 13.9 Å². The van der Waals surface area contributed by atoms with Crippen LogP contribution in [0.15, 0.2) is 16.5 Å². The molecule has 1 aromatic heterocycles. The van der Waals surface area contributed by atoms with Gasteiger partial charge < -0.3 is 20.2 Å². The molecule has 0 aliphatic heterocycles. The van der Waals surface area contributed by atoms with Gasteiger partial charge in [0, 0.05) is 0 Å². The van der Waals surface area contributed by atoms with Crippen LogP contribution in [-0.2, 0) is 15.8 Å². The lowest BCUT2D eigenvalue weighted by atomic mass is 10.0. The van der Waals surface area contributed by atoms with E-state index in [9.17, 15) is 4.79 Å². The fraction of sp³-hybridized carbons (Fsp3) is 0.667. The summed E-state index contributed by atoms with van der Waals surface area (Å²) in [7, 11) is 0. The van der Waals surface area contributed by atoms with E-state index >= 15 is 0 Å². The Hall–Kier alpha value is -1.49. The lowest BCUT2D eigenvalue weighted by molar-refractivity contribution is 0.0487. The van der Waals surface area contributed by atoms with Gasteiger partial charge in [0.25, 0.3) is 0 Å². The molecule has 112 valence electrons. The summed E-state index contributed by atoms with van der Waals surface area (Å²) in [5.41, 5.74) is 4.55. The van der Waals surface area contributed by atoms with E-state index in [0.29, 0.717) is 5.76 Å². The first-order valence-electron chi connectivity index (χ1n) is 6.93. The maximum Gasteiger partial charge on any atom is 0.408 e. The highest BCUT2D eigenvalue weighted by molar-refractivity contribution is 5.69. The van der Waals surface area contributed by atoms with Gasteiger partial charge in [-0.3, -0.25) is 0 Å². The molecule has 5 nitrogen and oxygen atoms in total. The van der Waals surface area contributed by atoms with Crippen molar-refractivity contribution >= 4 is 6.09 Å². The largest absolute Gasteiger partial charge is 0.462 e. The number of nitrogens with two attached hydrogens (primary N) is 1. The highest BCUT2D eigenvalue weighted by atomic mass is 16.6. The van der Waals surface area contributed by atoms with Crippen LogP contribution in [0.5, 0.6) is 0 Å². The SMILES string of the molecule is CC(C)(C)OC(=O)NC1(c2ccc(C(C)(C)N)o2)CC1. The molecule has 20 heavy (non-hydrogen) atoms. The quantitative estimate of drug-likeness (QED) is 0.892. The van der Waals surface area contributed by atoms with Crippen LogP contribution in [0, 0.1) is 0 Å². The van der Waals surface area contributed by atoms with Gasteiger partial charge in [-0.2, -0.15) is 0 Å². The molecule has 1 saturated carbocycles. The first-order chi connectivity index (χ1) is 9.02. The molecule has 0 bridgehead atoms. The van der Waals surface area contributed by atoms with E-state index in [4.69, 9.17) is 14.9 Å². The van der Waals surface area contributed by atoms with Gasteiger partial charge in [-0.1, -0.05) is 0 Å². The first kappa shape index (κ1) is 14.9. The molecule has 3 N–H and O–H groups in total. The van der Waals surface area contributed by atoms with Gasteiger partial charge in [-0.25, -0.2) is 4.79 Å². The molecule has 1 fully saturated rings. The van der Waals surface area contributed by atoms with Crippen LogP contribution in [0.1, 0.15) is 59.0 Å². The lowest BCUT2D eigenvalue weighted by Crippen LogP contribution is -2.39. The third kappa shape index (κ3) is 3.33. The van der Waals surface area contributed by atoms with E-state index in [0.717, 1.165) is 18.6 Å². The summed E-state index contributed by atoms with van der Waals surface area (Å²) in [6.45, 7) is 9.29. The van der Waals surface area contributed by atoms with E-state index in [1.807, 2.05) is 46.8 Å². The molecule has 1 aliphatic rings. The molecule has 1 aliphatic carbocycles. The molecule has 1 aromatic rings. The molecule has 1 heterocycles. The molecular weight excluding hydrogens is 256 g/mol. The Bertz CT molecular complexity index is 502. The fourth-order valence-electron chi connectivity index (χ4n) is 2.00. The Morgan fingerprint density at radius 2 is 1.90 bits per heavy atom. The Kier molecular flexibility index (Phi) is 3.37. The molecule has 2 rings (SSSR count). The van der Waals surface area contributed by atoms with Crippen molar-refractivity contribution in [3.05, 3.63) is 23.7 Å². The molecule has 5 heteroatoms. The second-order valence-electron chi connectivity index (χ2n) is 7.09. The second-order valence-corrected chi connectivity index (χ2v) is 7.09. The van der Waals surface area contributed by atoms with Gasteiger partial charge >= 0.3 is 6.09 Å². The monoisotopic (exact) mass is 280 g/mol. The van der Waals surface area contributed by atoms with Crippen molar-refractivity contribution in [2.75, 3.05) is 0 Å². The normalized spacial score (nSPS) is 17.7. The standard InChI is InChI=1S/C15H24N2O3/c1-13(2,3)20-12(18)17-15(8-9-15)11-7-6-10(19-11)14(4,5)16/h6-7H,8-9,16H2,1-5H3,(H,17,18). The highest BCUT2D eigenvalue weighted by Gasteiger charge is 2.49. The average Bonchev–Trinajstić information content (AvgIpc) is 2.82. The lowest BCUT2D eigenvalue weighted by Gasteiger charge is -2.22. The molecule has 0 radical (unpaired) electrons. The van der Waals surface area contributed by atoms with Crippen LogP contribution in [0.25, 0.3) is 0 Å². The third-order valence-electron chi connectivity index (χ3n) is 3.20. The molecule has 0 spiro atoms. The molecular formula is C15H24N2O3. The molecule has 0 saturated heterocycles. The number of furan rings is 1. The molecule has 0 unspecified atom stereocenters. The van der Waals surface area contributed by atoms with Gasteiger partial charge in [-0.05, 0) is 59.6 Å². The topological polar surface area (TPSA) is 77.5 Å². The number of carbonyl (C=O) groups excluding carboxylic acids is 1. The third-order valence-corrected chi connectivity index (χ3v) is 3.20. The zero-order valence-corrected chi connectivity index (χ0v) is 12.9. The average molecular weight is 280 g/mol. The van der Waals surface area contributed by atoms with Crippen molar-refractivity contribution in [1.29, 1.82) is 0 Å². The number of carbonyl (C=O) groups is 1. The van der Waals surface area contributed by atoms with Crippen LogP contribution in [0.3, 0.4) is 0 Å². The summed E-state index contributed by atoms with van der Waals surface area (Å²) in [5, 5.41) is 2.91. The smallest absolute Gasteiger partial charge is 0.408 e. The molecule has 1 amide bonds. The minimum atomic E-state index is -0.528. The number of nitrogens with one attached hydrogen (secondary N) is 1. The van der Waals surface area contributed by atoms with Crippen LogP contribution in [-0.4, -0.2) is 11.7 Å². The molecule has 0 atom stereocenters. The highest BCUT2D eigenvalue weighted by Crippen LogP contribution is 2.46. The predicted octanol–water partition coefficient (Wildman–Crippen LogP) is 2.99. The summed E-state index contributed by atoms with van der Waals surface area (Å²) in [6.07, 6.45) is 1.29. The Balaban J connectivity index is 2.08. The minimum absolute atomic E-state index is 0.417. The number of hydrogen-bond acceptors (Lipinski definition) is 4. The summed E-state index contributed by atoms with van der Waals surface area (Å²) in [4.78, 5) is 11.9. The summed E-state index contributed by atoms with van der Waals surface area (Å²) in [5.74, 6) is 1.46. The van der Waals surface area contributed by atoms with Crippen molar-refractivity contribution in [3.8, 4) is 0 Å². The zero-order valence-electron chi connectivity index (χ0n) is 12.9. The van der Waals surface area contributed by atoms with Gasteiger partial charge in [-0.15, -0.1) is 0 Å². The fourth-order valence-corrected chi connectivity index (χ4v) is 2.00. The van der Waals surface area contributed by atoms with Crippen molar-refractivity contribution in [3.63, 3.8) is 0 Å². The van der Waals surface area contributed by atoms with Crippen LogP contribution < -0.4 is 11.1 Å². The van der Waals surface area contributed by atoms with E-state index in [1.165, 1.54) is 0 Å². The van der Waals surface area contributed by atoms with E-state index in [-0.39, 0.29) is 0 Å². The maximum absolute atomic E-state index is 11.9. The van der Waals surface area contributed by atoms with Gasteiger partial charge in [0.1, 0.15) is 22.7 Å². The van der Waals surface area contributed by atoms with Crippen LogP contribution in [0.4, 0.5) is 4.79 Å². The number of amides is 1. The maximum atomic E-state index is 11.9. The van der Waals surface area contributed by atoms with Gasteiger partial charge in [0.05, 0.1) is 5.54 Å². The van der Waals surface area contributed by atoms with Gasteiger partial charge in [0.15, 0.2) is 0 Å².